The summed E-state index contributed by atoms with van der Waals surface area (Å²) in [4.78, 5) is 15.1. The lowest BCUT2D eigenvalue weighted by Gasteiger charge is -2.27. The van der Waals surface area contributed by atoms with Crippen molar-refractivity contribution in [3.8, 4) is 0 Å². The van der Waals surface area contributed by atoms with E-state index in [1.165, 1.54) is 27.6 Å². The molecule has 0 atom stereocenters. The number of benzene rings is 2. The first kappa shape index (κ1) is 26.6. The van der Waals surface area contributed by atoms with Crippen LogP contribution in [-0.4, -0.2) is 49.8 Å². The van der Waals surface area contributed by atoms with E-state index < -0.39 is 15.9 Å². The van der Waals surface area contributed by atoms with E-state index >= 15 is 0 Å². The molecule has 0 fully saturated rings. The van der Waals surface area contributed by atoms with Crippen LogP contribution in [0.2, 0.25) is 0 Å². The summed E-state index contributed by atoms with van der Waals surface area (Å²) < 4.78 is 52.2. The van der Waals surface area contributed by atoms with Crippen molar-refractivity contribution in [2.45, 2.75) is 38.3 Å². The summed E-state index contributed by atoms with van der Waals surface area (Å²) in [6.07, 6.45) is 1.96. The Morgan fingerprint density at radius 2 is 1.74 bits per heavy atom. The number of aryl methyl sites for hydroxylation is 1. The number of furan rings is 1. The summed E-state index contributed by atoms with van der Waals surface area (Å²) in [5, 5.41) is 0. The molecule has 2 aromatic carbocycles. The smallest absolute Gasteiger partial charge is 0.243 e. The monoisotopic (exact) mass is 502 g/mol. The Hall–Kier alpha value is -3.01. The Morgan fingerprint density at radius 3 is 2.37 bits per heavy atom. The number of hydrogen-bond acceptors (Lipinski definition) is 5. The van der Waals surface area contributed by atoms with Crippen molar-refractivity contribution in [2.24, 2.45) is 0 Å². The quantitative estimate of drug-likeness (QED) is 0.324. The average molecular weight is 503 g/mol. The summed E-state index contributed by atoms with van der Waals surface area (Å²) in [6.45, 7) is 4.78. The van der Waals surface area contributed by atoms with Crippen LogP contribution in [0, 0.1) is 12.7 Å². The zero-order chi connectivity index (χ0) is 25.3. The molecule has 0 spiro atoms. The number of amides is 1. The number of carbonyl (C=O) groups excluding carboxylic acids is 1. The van der Waals surface area contributed by atoms with E-state index in [-0.39, 0.29) is 36.9 Å². The molecule has 188 valence electrons. The molecular weight excluding hydrogens is 471 g/mol. The van der Waals surface area contributed by atoms with Gasteiger partial charge in [-0.2, -0.15) is 4.31 Å². The number of hydrogen-bond donors (Lipinski definition) is 0. The van der Waals surface area contributed by atoms with Crippen molar-refractivity contribution in [3.63, 3.8) is 0 Å². The van der Waals surface area contributed by atoms with Gasteiger partial charge < -0.3 is 14.1 Å². The minimum absolute atomic E-state index is 0.128. The maximum Gasteiger partial charge on any atom is 0.243 e. The second-order valence-corrected chi connectivity index (χ2v) is 10.1. The van der Waals surface area contributed by atoms with Crippen molar-refractivity contribution in [2.75, 3.05) is 26.3 Å². The summed E-state index contributed by atoms with van der Waals surface area (Å²) in [6, 6.07) is 15.9. The number of nitrogens with zero attached hydrogens (tertiary/aromatic N) is 2. The van der Waals surface area contributed by atoms with E-state index in [1.54, 1.807) is 48.5 Å². The van der Waals surface area contributed by atoms with Crippen molar-refractivity contribution < 1.29 is 26.8 Å². The van der Waals surface area contributed by atoms with Gasteiger partial charge in [0.2, 0.25) is 15.9 Å². The van der Waals surface area contributed by atoms with Crippen LogP contribution in [0.3, 0.4) is 0 Å². The number of carbonyl (C=O) groups is 1. The number of rotatable bonds is 13. The molecule has 3 rings (SSSR count). The molecule has 0 aliphatic heterocycles. The topological polar surface area (TPSA) is 80.1 Å². The van der Waals surface area contributed by atoms with Crippen LogP contribution in [-0.2, 0) is 32.6 Å². The van der Waals surface area contributed by atoms with Gasteiger partial charge in [0.25, 0.3) is 0 Å². The van der Waals surface area contributed by atoms with Gasteiger partial charge in [-0.05, 0) is 62.2 Å². The highest BCUT2D eigenvalue weighted by Gasteiger charge is 2.28. The molecule has 0 saturated heterocycles. The number of ether oxygens (including phenoxy) is 1. The SMILES string of the molecule is CCOCCCN(CC(=O)N(Cc1ccc(F)cc1)Cc1ccco1)S(=O)(=O)c1ccc(C)cc1. The Labute approximate surface area is 206 Å². The highest BCUT2D eigenvalue weighted by molar-refractivity contribution is 7.89. The molecule has 0 bridgehead atoms. The molecule has 1 heterocycles. The Morgan fingerprint density at radius 1 is 1.03 bits per heavy atom. The maximum atomic E-state index is 13.4. The fraction of sp³-hybridized carbons (Fsp3) is 0.346. The molecule has 0 aliphatic carbocycles. The third-order valence-corrected chi connectivity index (χ3v) is 7.30. The molecule has 1 aromatic heterocycles. The second kappa shape index (κ2) is 12.6. The van der Waals surface area contributed by atoms with Gasteiger partial charge in [-0.1, -0.05) is 29.8 Å². The van der Waals surface area contributed by atoms with Crippen LogP contribution in [0.15, 0.2) is 76.2 Å². The highest BCUT2D eigenvalue weighted by Crippen LogP contribution is 2.19. The fourth-order valence-corrected chi connectivity index (χ4v) is 4.94. The molecule has 0 N–H and O–H groups in total. The summed E-state index contributed by atoms with van der Waals surface area (Å²) >= 11 is 0. The molecule has 1 amide bonds. The molecule has 0 aliphatic rings. The molecule has 9 heteroatoms. The molecule has 0 saturated carbocycles. The van der Waals surface area contributed by atoms with Gasteiger partial charge >= 0.3 is 0 Å². The van der Waals surface area contributed by atoms with Crippen molar-refractivity contribution in [1.82, 2.24) is 9.21 Å². The van der Waals surface area contributed by atoms with E-state index in [0.717, 1.165) is 11.1 Å². The Kier molecular flexibility index (Phi) is 9.59. The predicted octanol–water partition coefficient (Wildman–Crippen LogP) is 4.37. The largest absolute Gasteiger partial charge is 0.467 e. The van der Waals surface area contributed by atoms with Gasteiger partial charge in [0.1, 0.15) is 11.6 Å². The lowest BCUT2D eigenvalue weighted by atomic mass is 10.2. The van der Waals surface area contributed by atoms with Crippen LogP contribution in [0.25, 0.3) is 0 Å². The van der Waals surface area contributed by atoms with Gasteiger partial charge in [-0.25, -0.2) is 12.8 Å². The summed E-state index contributed by atoms with van der Waals surface area (Å²) in [7, 11) is -3.92. The normalized spacial score (nSPS) is 11.7. The van der Waals surface area contributed by atoms with E-state index in [1.807, 2.05) is 13.8 Å². The minimum Gasteiger partial charge on any atom is -0.467 e. The van der Waals surface area contributed by atoms with Crippen molar-refractivity contribution >= 4 is 15.9 Å². The predicted molar refractivity (Wildman–Crippen MR) is 130 cm³/mol. The summed E-state index contributed by atoms with van der Waals surface area (Å²) in [5.74, 6) is -0.204. The third-order valence-electron chi connectivity index (χ3n) is 5.44. The van der Waals surface area contributed by atoms with Gasteiger partial charge in [0.05, 0.1) is 24.2 Å². The molecule has 35 heavy (non-hydrogen) atoms. The van der Waals surface area contributed by atoms with Crippen LogP contribution in [0.1, 0.15) is 30.2 Å². The van der Waals surface area contributed by atoms with E-state index in [2.05, 4.69) is 0 Å². The van der Waals surface area contributed by atoms with Crippen LogP contribution in [0.4, 0.5) is 4.39 Å². The lowest BCUT2D eigenvalue weighted by molar-refractivity contribution is -0.133. The number of sulfonamides is 1. The van der Waals surface area contributed by atoms with E-state index in [9.17, 15) is 17.6 Å². The van der Waals surface area contributed by atoms with Crippen molar-refractivity contribution in [1.29, 1.82) is 0 Å². The third kappa shape index (κ3) is 7.74. The molecule has 3 aromatic rings. The molecule has 0 unspecified atom stereocenters. The first-order chi connectivity index (χ1) is 16.8. The fourth-order valence-electron chi connectivity index (χ4n) is 3.51. The minimum atomic E-state index is -3.92. The number of halogens is 1. The zero-order valence-electron chi connectivity index (χ0n) is 20.0. The van der Waals surface area contributed by atoms with Crippen LogP contribution < -0.4 is 0 Å². The first-order valence-corrected chi connectivity index (χ1v) is 12.9. The summed E-state index contributed by atoms with van der Waals surface area (Å²) in [5.41, 5.74) is 1.66. The van der Waals surface area contributed by atoms with Gasteiger partial charge in [-0.15, -0.1) is 0 Å². The highest BCUT2D eigenvalue weighted by atomic mass is 32.2. The average Bonchev–Trinajstić information content (AvgIpc) is 3.35. The lowest BCUT2D eigenvalue weighted by Crippen LogP contribution is -2.43. The zero-order valence-corrected chi connectivity index (χ0v) is 20.8. The standard InChI is InChI=1S/C26H31FN2O5S/c1-3-33-16-5-15-29(35(31,32)25-13-7-21(2)8-14-25)20-26(30)28(19-24-6-4-17-34-24)18-22-9-11-23(27)12-10-22/h4,6-14,17H,3,5,15-16,18-20H2,1-2H3. The van der Waals surface area contributed by atoms with Crippen molar-refractivity contribution in [3.05, 3.63) is 89.6 Å². The van der Waals surface area contributed by atoms with E-state index in [0.29, 0.717) is 25.4 Å². The molecule has 0 radical (unpaired) electrons. The first-order valence-electron chi connectivity index (χ1n) is 11.5. The second-order valence-electron chi connectivity index (χ2n) is 8.16. The van der Waals surface area contributed by atoms with Crippen LogP contribution >= 0.6 is 0 Å². The van der Waals surface area contributed by atoms with Gasteiger partial charge in [0, 0.05) is 26.3 Å². The Balaban J connectivity index is 1.84. The van der Waals surface area contributed by atoms with Gasteiger partial charge in [-0.3, -0.25) is 4.79 Å². The molecule has 7 nitrogen and oxygen atoms in total. The van der Waals surface area contributed by atoms with Gasteiger partial charge in [0.15, 0.2) is 0 Å². The molecular formula is C26H31FN2O5S. The van der Waals surface area contributed by atoms with E-state index in [4.69, 9.17) is 9.15 Å². The maximum absolute atomic E-state index is 13.4. The van der Waals surface area contributed by atoms with Crippen LogP contribution in [0.5, 0.6) is 0 Å². The Bertz CT molecular complexity index is 1160.